The Morgan fingerprint density at radius 1 is 0.656 bits per heavy atom. The predicted molar refractivity (Wildman–Crippen MR) is 146 cm³/mol. The van der Waals surface area contributed by atoms with Crippen LogP contribution in [-0.4, -0.2) is 44.7 Å². The molecule has 3 radical (unpaired) electrons. The monoisotopic (exact) mass is 581 g/mol. The molecular formula is C28H53GeN2Zr. The van der Waals surface area contributed by atoms with Crippen molar-refractivity contribution in [1.82, 2.24) is 0 Å². The van der Waals surface area contributed by atoms with Crippen LogP contribution in [0.3, 0.4) is 0 Å². The first-order valence-electron chi connectivity index (χ1n) is 11.8. The second-order valence-corrected chi connectivity index (χ2v) is 10.2. The van der Waals surface area contributed by atoms with Crippen LogP contribution in [0, 0.1) is 54.3 Å². The molecule has 1 saturated carbocycles. The molecule has 0 amide bonds. The molecule has 0 spiro atoms. The summed E-state index contributed by atoms with van der Waals surface area (Å²) in [5.74, 6) is 6.15. The topological polar surface area (TPSA) is 28.2 Å². The van der Waals surface area contributed by atoms with Crippen molar-refractivity contribution < 1.29 is 26.2 Å². The van der Waals surface area contributed by atoms with Gasteiger partial charge in [-0.2, -0.15) is 53.9 Å². The van der Waals surface area contributed by atoms with Crippen LogP contribution in [0.2, 0.25) is 0 Å². The molecule has 0 heterocycles. The van der Waals surface area contributed by atoms with E-state index in [1.807, 2.05) is 18.2 Å². The maximum atomic E-state index is 3.50. The second-order valence-electron chi connectivity index (χ2n) is 8.94. The Balaban J connectivity index is -0.000000163. The molecule has 2 atom stereocenters. The molecule has 2 rings (SSSR count). The van der Waals surface area contributed by atoms with Crippen LogP contribution in [0.1, 0.15) is 62.3 Å². The minimum Gasteiger partial charge on any atom is 4.00 e. The van der Waals surface area contributed by atoms with E-state index in [0.717, 1.165) is 41.4 Å². The molecule has 2 unspecified atom stereocenters. The summed E-state index contributed by atoms with van der Waals surface area (Å²) >= 11 is 2.08. The van der Waals surface area contributed by atoms with Gasteiger partial charge in [-0.25, -0.2) is 0 Å². The average molecular weight is 582 g/mol. The molecule has 183 valence electrons. The van der Waals surface area contributed by atoms with Gasteiger partial charge in [0.25, 0.3) is 0 Å². The summed E-state index contributed by atoms with van der Waals surface area (Å²) in [6.45, 7) is 20.7. The van der Waals surface area contributed by atoms with Gasteiger partial charge in [0.1, 0.15) is 0 Å². The van der Waals surface area contributed by atoms with Gasteiger partial charge in [0.2, 0.25) is 0 Å². The van der Waals surface area contributed by atoms with Crippen LogP contribution in [0.4, 0.5) is 0 Å². The largest absolute Gasteiger partial charge is 4.00 e. The van der Waals surface area contributed by atoms with Crippen molar-refractivity contribution in [1.29, 1.82) is 0 Å². The number of nitrogens with zero attached hydrogens (tertiary/aromatic N) is 2. The number of benzene rings is 1. The molecule has 32 heavy (non-hydrogen) atoms. The van der Waals surface area contributed by atoms with Crippen molar-refractivity contribution >= 4 is 20.9 Å². The normalized spacial score (nSPS) is 24.9. The van der Waals surface area contributed by atoms with Crippen molar-refractivity contribution in [3.63, 3.8) is 0 Å². The quantitative estimate of drug-likeness (QED) is 0.260. The molecule has 2 nitrogen and oxygen atoms in total. The molecule has 0 aromatic heterocycles. The number of hydrogen-bond acceptors (Lipinski definition) is 0. The number of rotatable bonds is 3. The molecule has 4 heteroatoms. The van der Waals surface area contributed by atoms with Crippen LogP contribution in [0.25, 0.3) is 10.6 Å². The SMILES string of the molecule is CC1C(C)C(C)C(C)C1C.C[CH-]C(C)C(C)[CH-]C.C[N-]C.C[N-]C.[Ge][c]1ccccc1.[Zr+4]. The third kappa shape index (κ3) is 20.0. The van der Waals surface area contributed by atoms with Crippen LogP contribution >= 0.6 is 0 Å². The first-order chi connectivity index (χ1) is 14.5. The van der Waals surface area contributed by atoms with Gasteiger partial charge in [-0.15, -0.1) is 0 Å². The van der Waals surface area contributed by atoms with E-state index in [0.29, 0.717) is 0 Å². The minimum atomic E-state index is 0. The zero-order chi connectivity index (χ0) is 25.0. The summed E-state index contributed by atoms with van der Waals surface area (Å²) in [6.07, 6.45) is 4.48. The zero-order valence-corrected chi connectivity index (χ0v) is 28.0. The van der Waals surface area contributed by atoms with Crippen molar-refractivity contribution in [3.8, 4) is 0 Å². The fourth-order valence-corrected chi connectivity index (χ4v) is 3.84. The van der Waals surface area contributed by atoms with E-state index >= 15 is 0 Å². The fraction of sp³-hybridized carbons (Fsp3) is 0.714. The Morgan fingerprint density at radius 3 is 1.00 bits per heavy atom. The summed E-state index contributed by atoms with van der Waals surface area (Å²) in [6, 6.07) is 10.3. The second kappa shape index (κ2) is 26.2. The molecule has 1 aliphatic rings. The molecule has 0 aliphatic heterocycles. The van der Waals surface area contributed by atoms with Crippen LogP contribution in [-0.2, 0) is 26.2 Å². The zero-order valence-electron chi connectivity index (χ0n) is 23.5. The Kier molecular flexibility index (Phi) is 32.5. The van der Waals surface area contributed by atoms with Gasteiger partial charge in [-0.3, -0.25) is 0 Å². The summed E-state index contributed by atoms with van der Waals surface area (Å²) in [5, 5.41) is 7.00. The van der Waals surface area contributed by atoms with E-state index in [9.17, 15) is 0 Å². The summed E-state index contributed by atoms with van der Waals surface area (Å²) in [4.78, 5) is 0. The van der Waals surface area contributed by atoms with Crippen molar-refractivity contribution in [2.45, 2.75) is 62.3 Å². The van der Waals surface area contributed by atoms with Crippen molar-refractivity contribution in [2.24, 2.45) is 41.4 Å². The van der Waals surface area contributed by atoms with E-state index in [-0.39, 0.29) is 26.2 Å². The fourth-order valence-electron chi connectivity index (χ4n) is 3.44. The van der Waals surface area contributed by atoms with Gasteiger partial charge in [0, 0.05) is 0 Å². The van der Waals surface area contributed by atoms with Crippen molar-refractivity contribution in [2.75, 3.05) is 28.2 Å². The van der Waals surface area contributed by atoms with Crippen molar-refractivity contribution in [3.05, 3.63) is 53.8 Å². The Morgan fingerprint density at radius 2 is 0.875 bits per heavy atom. The van der Waals surface area contributed by atoms with E-state index in [4.69, 9.17) is 0 Å². The third-order valence-corrected chi connectivity index (χ3v) is 7.50. The van der Waals surface area contributed by atoms with Crippen LogP contribution in [0.15, 0.2) is 30.3 Å². The molecule has 1 aromatic carbocycles. The third-order valence-electron chi connectivity index (χ3n) is 6.80. The Hall–Kier alpha value is 0.566. The Bertz CT molecular complexity index is 417. The molecule has 1 aromatic rings. The van der Waals surface area contributed by atoms with E-state index in [1.54, 1.807) is 28.2 Å². The van der Waals surface area contributed by atoms with E-state index in [2.05, 4.69) is 114 Å². The molecule has 1 fully saturated rings. The number of hydrogen-bond donors (Lipinski definition) is 0. The summed E-state index contributed by atoms with van der Waals surface area (Å²) in [5.41, 5.74) is 0. The Labute approximate surface area is 231 Å². The predicted octanol–water partition coefficient (Wildman–Crippen LogP) is 7.60. The maximum absolute atomic E-state index is 3.50. The smallest absolute Gasteiger partial charge is 4.00 e. The van der Waals surface area contributed by atoms with Gasteiger partial charge in [-0.05, 0) is 29.6 Å². The van der Waals surface area contributed by atoms with Gasteiger partial charge < -0.3 is 23.5 Å². The van der Waals surface area contributed by atoms with Crippen LogP contribution < -0.4 is 4.40 Å². The summed E-state index contributed by atoms with van der Waals surface area (Å²) < 4.78 is 1.32. The van der Waals surface area contributed by atoms with E-state index in [1.165, 1.54) is 4.40 Å². The van der Waals surface area contributed by atoms with E-state index < -0.39 is 0 Å². The maximum Gasteiger partial charge on any atom is 4.00 e. The molecule has 1 aliphatic carbocycles. The van der Waals surface area contributed by atoms with Crippen LogP contribution in [0.5, 0.6) is 0 Å². The van der Waals surface area contributed by atoms with Gasteiger partial charge in [0.05, 0.1) is 0 Å². The first-order valence-corrected chi connectivity index (χ1v) is 12.9. The standard InChI is InChI=1S/C10H20.C8H16.C6H5Ge.2C2H6N.Zr/c1-6-7(2)9(4)10(5)8(6)3;1-5-7(3)8(4)6-2;7-6-4-2-1-3-5-6;2*1-3-2;/h6-10H,1-5H3;5-8H,1-4H3;1-5H;2*1-2H3;/q;-2;;2*-1;+4. The summed E-state index contributed by atoms with van der Waals surface area (Å²) in [7, 11) is 7.00. The van der Waals surface area contributed by atoms with Gasteiger partial charge in [-0.1, -0.05) is 48.5 Å². The molecule has 0 N–H and O–H groups in total. The molecular weight excluding hydrogens is 528 g/mol. The van der Waals surface area contributed by atoms with Gasteiger partial charge >= 0.3 is 77.4 Å². The first kappa shape index (κ1) is 39.8. The minimum absolute atomic E-state index is 0. The molecule has 0 bridgehead atoms. The van der Waals surface area contributed by atoms with Gasteiger partial charge in [0.15, 0.2) is 0 Å². The molecule has 0 saturated heterocycles. The average Bonchev–Trinajstić information content (AvgIpc) is 2.92.